The molecule has 2 atom stereocenters. The van der Waals surface area contributed by atoms with Crippen molar-refractivity contribution in [3.05, 3.63) is 33.9 Å². The van der Waals surface area contributed by atoms with Gasteiger partial charge in [-0.15, -0.1) is 0 Å². The lowest BCUT2D eigenvalue weighted by Crippen LogP contribution is -2.42. The number of aryl methyl sites for hydroxylation is 1. The molecule has 112 valence electrons. The van der Waals surface area contributed by atoms with Crippen LogP contribution in [-0.2, 0) is 0 Å². The van der Waals surface area contributed by atoms with Gasteiger partial charge in [0.2, 0.25) is 0 Å². The molecule has 1 aromatic carbocycles. The Balaban J connectivity index is 2.16. The van der Waals surface area contributed by atoms with Crippen LogP contribution in [-0.4, -0.2) is 23.1 Å². The predicted molar refractivity (Wildman–Crippen MR) is 78.1 cm³/mol. The molecule has 21 heavy (non-hydrogen) atoms. The molecule has 0 heterocycles. The maximum atomic E-state index is 11.2. The molecule has 0 bridgehead atoms. The fourth-order valence-electron chi connectivity index (χ4n) is 2.88. The Hall–Kier alpha value is -2.13. The minimum absolute atomic E-state index is 0.00964. The standard InChI is InChI=1S/C15H19N3O3/c1-3-17-15(10-16)8-7-12(9-15)21-13-6-4-5-11(2)14(13)18(19)20/h4-6,12,17H,3,7-9H2,1-2H3. The molecule has 2 rings (SSSR count). The summed E-state index contributed by atoms with van der Waals surface area (Å²) in [4.78, 5) is 10.7. The Morgan fingerprint density at radius 3 is 3.00 bits per heavy atom. The van der Waals surface area contributed by atoms with E-state index in [-0.39, 0.29) is 17.5 Å². The van der Waals surface area contributed by atoms with Gasteiger partial charge in [-0.3, -0.25) is 15.4 Å². The lowest BCUT2D eigenvalue weighted by Gasteiger charge is -2.22. The normalized spacial score (nSPS) is 24.5. The molecule has 1 aliphatic rings. The third-order valence-corrected chi connectivity index (χ3v) is 3.88. The molecule has 2 unspecified atom stereocenters. The van der Waals surface area contributed by atoms with E-state index in [1.165, 1.54) is 0 Å². The zero-order valence-electron chi connectivity index (χ0n) is 12.3. The summed E-state index contributed by atoms with van der Waals surface area (Å²) in [5.41, 5.74) is 0.0158. The van der Waals surface area contributed by atoms with Crippen LogP contribution in [0.3, 0.4) is 0 Å². The van der Waals surface area contributed by atoms with Crippen molar-refractivity contribution in [2.24, 2.45) is 0 Å². The number of nitro groups is 1. The second-order valence-electron chi connectivity index (χ2n) is 5.39. The largest absolute Gasteiger partial charge is 0.483 e. The highest BCUT2D eigenvalue weighted by molar-refractivity contribution is 5.52. The Morgan fingerprint density at radius 2 is 2.38 bits per heavy atom. The van der Waals surface area contributed by atoms with E-state index < -0.39 is 10.5 Å². The van der Waals surface area contributed by atoms with Crippen LogP contribution >= 0.6 is 0 Å². The average molecular weight is 289 g/mol. The Morgan fingerprint density at radius 1 is 1.62 bits per heavy atom. The molecule has 0 aromatic heterocycles. The highest BCUT2D eigenvalue weighted by Gasteiger charge is 2.40. The number of nitriles is 1. The molecule has 0 spiro atoms. The quantitative estimate of drug-likeness (QED) is 0.665. The molecule has 0 amide bonds. The highest BCUT2D eigenvalue weighted by atomic mass is 16.6. The van der Waals surface area contributed by atoms with Crippen LogP contribution < -0.4 is 10.1 Å². The number of nitrogens with zero attached hydrogens (tertiary/aromatic N) is 2. The summed E-state index contributed by atoms with van der Waals surface area (Å²) in [5, 5.41) is 23.7. The van der Waals surface area contributed by atoms with Crippen LogP contribution in [0.4, 0.5) is 5.69 Å². The molecule has 1 aromatic rings. The first-order chi connectivity index (χ1) is 10.0. The van der Waals surface area contributed by atoms with Gasteiger partial charge < -0.3 is 4.74 Å². The van der Waals surface area contributed by atoms with Crippen molar-refractivity contribution < 1.29 is 9.66 Å². The molecule has 6 heteroatoms. The van der Waals surface area contributed by atoms with Crippen LogP contribution in [0.1, 0.15) is 31.7 Å². The van der Waals surface area contributed by atoms with Crippen molar-refractivity contribution in [3.8, 4) is 11.8 Å². The summed E-state index contributed by atoms with van der Waals surface area (Å²) in [6.07, 6.45) is 1.78. The van der Waals surface area contributed by atoms with E-state index in [4.69, 9.17) is 4.74 Å². The first kappa shape index (κ1) is 15.3. The molecule has 1 N–H and O–H groups in total. The van der Waals surface area contributed by atoms with Crippen LogP contribution in [0, 0.1) is 28.4 Å². The number of rotatable bonds is 5. The summed E-state index contributed by atoms with van der Waals surface area (Å²) in [6, 6.07) is 7.37. The number of para-hydroxylation sites is 1. The van der Waals surface area contributed by atoms with Crippen molar-refractivity contribution in [2.45, 2.75) is 44.8 Å². The zero-order valence-corrected chi connectivity index (χ0v) is 12.3. The van der Waals surface area contributed by atoms with Crippen LogP contribution in [0.2, 0.25) is 0 Å². The molecule has 0 radical (unpaired) electrons. The fourth-order valence-corrected chi connectivity index (χ4v) is 2.88. The lowest BCUT2D eigenvalue weighted by atomic mass is 10.00. The Kier molecular flexibility index (Phi) is 4.43. The van der Waals surface area contributed by atoms with Gasteiger partial charge in [-0.1, -0.05) is 19.1 Å². The molecular formula is C15H19N3O3. The van der Waals surface area contributed by atoms with Gasteiger partial charge in [0.1, 0.15) is 11.6 Å². The second kappa shape index (κ2) is 6.10. The van der Waals surface area contributed by atoms with E-state index in [2.05, 4.69) is 11.4 Å². The topological polar surface area (TPSA) is 88.2 Å². The minimum atomic E-state index is -0.571. The van der Waals surface area contributed by atoms with E-state index >= 15 is 0 Å². The van der Waals surface area contributed by atoms with Gasteiger partial charge in [0.25, 0.3) is 0 Å². The number of nitrogens with one attached hydrogen (secondary N) is 1. The number of nitro benzene ring substituents is 1. The molecule has 0 saturated heterocycles. The first-order valence-electron chi connectivity index (χ1n) is 7.08. The maximum absolute atomic E-state index is 11.2. The summed E-state index contributed by atoms with van der Waals surface area (Å²) >= 11 is 0. The third kappa shape index (κ3) is 3.14. The monoisotopic (exact) mass is 289 g/mol. The van der Waals surface area contributed by atoms with Crippen molar-refractivity contribution in [1.29, 1.82) is 5.26 Å². The highest BCUT2D eigenvalue weighted by Crippen LogP contribution is 2.36. The van der Waals surface area contributed by atoms with Gasteiger partial charge in [-0.2, -0.15) is 5.26 Å². The van der Waals surface area contributed by atoms with E-state index in [9.17, 15) is 15.4 Å². The smallest absolute Gasteiger partial charge is 0.313 e. The molecule has 0 aliphatic heterocycles. The van der Waals surface area contributed by atoms with Gasteiger partial charge in [0.05, 0.1) is 11.0 Å². The van der Waals surface area contributed by atoms with Gasteiger partial charge >= 0.3 is 5.69 Å². The molecule has 6 nitrogen and oxygen atoms in total. The van der Waals surface area contributed by atoms with Crippen molar-refractivity contribution in [1.82, 2.24) is 5.32 Å². The SMILES string of the molecule is CCNC1(C#N)CCC(Oc2cccc(C)c2[N+](=O)[O-])C1. The third-order valence-electron chi connectivity index (χ3n) is 3.88. The van der Waals surface area contributed by atoms with E-state index in [1.807, 2.05) is 6.92 Å². The summed E-state index contributed by atoms with van der Waals surface area (Å²) < 4.78 is 5.82. The number of hydrogen-bond acceptors (Lipinski definition) is 5. The van der Waals surface area contributed by atoms with Crippen LogP contribution in [0.5, 0.6) is 5.75 Å². The zero-order chi connectivity index (χ0) is 15.5. The van der Waals surface area contributed by atoms with Crippen molar-refractivity contribution in [2.75, 3.05) is 6.54 Å². The van der Waals surface area contributed by atoms with Crippen molar-refractivity contribution in [3.63, 3.8) is 0 Å². The Labute approximate surface area is 123 Å². The van der Waals surface area contributed by atoms with Gasteiger partial charge in [-0.25, -0.2) is 0 Å². The van der Waals surface area contributed by atoms with Gasteiger partial charge in [0.15, 0.2) is 5.75 Å². The average Bonchev–Trinajstić information content (AvgIpc) is 2.82. The minimum Gasteiger partial charge on any atom is -0.483 e. The predicted octanol–water partition coefficient (Wildman–Crippen LogP) is 2.71. The van der Waals surface area contributed by atoms with Crippen LogP contribution in [0.15, 0.2) is 18.2 Å². The van der Waals surface area contributed by atoms with Crippen molar-refractivity contribution >= 4 is 5.69 Å². The molecular weight excluding hydrogens is 270 g/mol. The summed E-state index contributed by atoms with van der Waals surface area (Å²) in [7, 11) is 0. The van der Waals surface area contributed by atoms with Crippen LogP contribution in [0.25, 0.3) is 0 Å². The molecule has 1 aliphatic carbocycles. The van der Waals surface area contributed by atoms with Gasteiger partial charge in [0, 0.05) is 12.0 Å². The molecule has 1 fully saturated rings. The number of benzene rings is 1. The fraction of sp³-hybridized carbons (Fsp3) is 0.533. The van der Waals surface area contributed by atoms with E-state index in [1.54, 1.807) is 25.1 Å². The Bertz CT molecular complexity index is 582. The van der Waals surface area contributed by atoms with Gasteiger partial charge in [-0.05, 0) is 32.4 Å². The summed E-state index contributed by atoms with van der Waals surface area (Å²) in [5.74, 6) is 0.287. The molecule has 1 saturated carbocycles. The lowest BCUT2D eigenvalue weighted by molar-refractivity contribution is -0.386. The van der Waals surface area contributed by atoms with E-state index in [0.29, 0.717) is 31.4 Å². The number of ether oxygens (including phenoxy) is 1. The second-order valence-corrected chi connectivity index (χ2v) is 5.39. The first-order valence-corrected chi connectivity index (χ1v) is 7.08. The maximum Gasteiger partial charge on any atom is 0.313 e. The summed E-state index contributed by atoms with van der Waals surface area (Å²) in [6.45, 7) is 4.36. The van der Waals surface area contributed by atoms with E-state index in [0.717, 1.165) is 0 Å². The number of hydrogen-bond donors (Lipinski definition) is 1.